The molecule has 1 aromatic rings. The van der Waals surface area contributed by atoms with Crippen molar-refractivity contribution < 1.29 is 4.79 Å². The monoisotopic (exact) mass is 246 g/mol. The highest BCUT2D eigenvalue weighted by Gasteiger charge is 2.21. The Morgan fingerprint density at radius 3 is 2.67 bits per heavy atom. The minimum atomic E-state index is -0.00773. The molecule has 2 unspecified atom stereocenters. The standard InChI is InChI=1S/C15H22N2O/c1-11-6-8-13(9-7-11)12(2)17-15(18)14-5-3-4-10-16-14/h6-9,12,14,16H,3-5,10H2,1-2H3,(H,17,18). The minimum absolute atomic E-state index is 0.00773. The van der Waals surface area contributed by atoms with Gasteiger partial charge in [0, 0.05) is 0 Å². The Hall–Kier alpha value is -1.35. The third kappa shape index (κ3) is 3.33. The number of nitrogens with one attached hydrogen (secondary N) is 2. The fourth-order valence-electron chi connectivity index (χ4n) is 2.33. The molecule has 2 rings (SSSR count). The van der Waals surface area contributed by atoms with Crippen LogP contribution in [0.3, 0.4) is 0 Å². The minimum Gasteiger partial charge on any atom is -0.348 e. The van der Waals surface area contributed by atoms with Crippen molar-refractivity contribution >= 4 is 5.91 Å². The van der Waals surface area contributed by atoms with E-state index in [1.807, 2.05) is 6.92 Å². The van der Waals surface area contributed by atoms with E-state index in [0.717, 1.165) is 24.9 Å². The maximum Gasteiger partial charge on any atom is 0.237 e. The second kappa shape index (κ2) is 6.01. The van der Waals surface area contributed by atoms with Gasteiger partial charge in [-0.15, -0.1) is 0 Å². The van der Waals surface area contributed by atoms with Gasteiger partial charge in [-0.3, -0.25) is 4.79 Å². The Morgan fingerprint density at radius 1 is 1.33 bits per heavy atom. The summed E-state index contributed by atoms with van der Waals surface area (Å²) in [6.07, 6.45) is 3.27. The van der Waals surface area contributed by atoms with Crippen LogP contribution in [0.5, 0.6) is 0 Å². The summed E-state index contributed by atoms with van der Waals surface area (Å²) in [5.74, 6) is 0.128. The quantitative estimate of drug-likeness (QED) is 0.859. The van der Waals surface area contributed by atoms with Crippen molar-refractivity contribution in [1.29, 1.82) is 0 Å². The molecule has 1 saturated heterocycles. The first kappa shape index (κ1) is 13.1. The van der Waals surface area contributed by atoms with E-state index in [1.54, 1.807) is 0 Å². The van der Waals surface area contributed by atoms with Gasteiger partial charge in [0.2, 0.25) is 5.91 Å². The molecule has 1 aliphatic rings. The normalized spacial score (nSPS) is 21.3. The van der Waals surface area contributed by atoms with Crippen LogP contribution >= 0.6 is 0 Å². The SMILES string of the molecule is Cc1ccc(C(C)NC(=O)C2CCCCN2)cc1. The van der Waals surface area contributed by atoms with Gasteiger partial charge < -0.3 is 10.6 Å². The molecule has 0 aromatic heterocycles. The fourth-order valence-corrected chi connectivity index (χ4v) is 2.33. The summed E-state index contributed by atoms with van der Waals surface area (Å²) < 4.78 is 0. The maximum atomic E-state index is 12.1. The molecule has 0 spiro atoms. The lowest BCUT2D eigenvalue weighted by Crippen LogP contribution is -2.47. The molecule has 98 valence electrons. The smallest absolute Gasteiger partial charge is 0.237 e. The van der Waals surface area contributed by atoms with Gasteiger partial charge in [-0.25, -0.2) is 0 Å². The van der Waals surface area contributed by atoms with Crippen LogP contribution in [0, 0.1) is 6.92 Å². The largest absolute Gasteiger partial charge is 0.348 e. The molecule has 1 aromatic carbocycles. The number of piperidine rings is 1. The van der Waals surface area contributed by atoms with E-state index in [0.29, 0.717) is 0 Å². The number of hydrogen-bond acceptors (Lipinski definition) is 2. The van der Waals surface area contributed by atoms with Crippen molar-refractivity contribution in [3.05, 3.63) is 35.4 Å². The molecular weight excluding hydrogens is 224 g/mol. The third-order valence-electron chi connectivity index (χ3n) is 3.56. The van der Waals surface area contributed by atoms with Gasteiger partial charge in [0.25, 0.3) is 0 Å². The van der Waals surface area contributed by atoms with Crippen LogP contribution < -0.4 is 10.6 Å². The zero-order valence-corrected chi connectivity index (χ0v) is 11.2. The van der Waals surface area contributed by atoms with Gasteiger partial charge in [-0.05, 0) is 38.8 Å². The number of carbonyl (C=O) groups is 1. The van der Waals surface area contributed by atoms with Crippen molar-refractivity contribution in [2.24, 2.45) is 0 Å². The molecular formula is C15H22N2O. The highest BCUT2D eigenvalue weighted by molar-refractivity contribution is 5.82. The Balaban J connectivity index is 1.91. The number of carbonyl (C=O) groups excluding carboxylic acids is 1. The molecule has 0 saturated carbocycles. The molecule has 2 N–H and O–H groups in total. The maximum absolute atomic E-state index is 12.1. The van der Waals surface area contributed by atoms with Crippen LogP contribution in [0.1, 0.15) is 43.4 Å². The summed E-state index contributed by atoms with van der Waals surface area (Å²) >= 11 is 0. The van der Waals surface area contributed by atoms with Crippen LogP contribution in [-0.2, 0) is 4.79 Å². The highest BCUT2D eigenvalue weighted by atomic mass is 16.2. The molecule has 0 bridgehead atoms. The topological polar surface area (TPSA) is 41.1 Å². The van der Waals surface area contributed by atoms with Gasteiger partial charge in [0.05, 0.1) is 12.1 Å². The van der Waals surface area contributed by atoms with Crippen molar-refractivity contribution in [3.63, 3.8) is 0 Å². The Labute approximate surface area is 109 Å². The summed E-state index contributed by atoms with van der Waals surface area (Å²) in [5, 5.41) is 6.36. The molecule has 3 nitrogen and oxygen atoms in total. The molecule has 1 fully saturated rings. The molecule has 0 radical (unpaired) electrons. The molecule has 1 amide bonds. The third-order valence-corrected chi connectivity index (χ3v) is 3.56. The van der Waals surface area contributed by atoms with E-state index in [1.165, 1.54) is 12.0 Å². The van der Waals surface area contributed by atoms with E-state index in [2.05, 4.69) is 41.8 Å². The number of amides is 1. The Kier molecular flexibility index (Phi) is 4.37. The van der Waals surface area contributed by atoms with Gasteiger partial charge in [0.1, 0.15) is 0 Å². The highest BCUT2D eigenvalue weighted by Crippen LogP contribution is 2.14. The lowest BCUT2D eigenvalue weighted by atomic mass is 10.0. The fraction of sp³-hybridized carbons (Fsp3) is 0.533. The number of hydrogen-bond donors (Lipinski definition) is 2. The molecule has 0 aliphatic carbocycles. The number of aryl methyl sites for hydroxylation is 1. The van der Waals surface area contributed by atoms with Crippen LogP contribution in [0.2, 0.25) is 0 Å². The Bertz CT molecular complexity index is 393. The van der Waals surface area contributed by atoms with Gasteiger partial charge in [0.15, 0.2) is 0 Å². The summed E-state index contributed by atoms with van der Waals surface area (Å²) in [7, 11) is 0. The zero-order chi connectivity index (χ0) is 13.0. The zero-order valence-electron chi connectivity index (χ0n) is 11.2. The van der Waals surface area contributed by atoms with Crippen LogP contribution in [0.25, 0.3) is 0 Å². The molecule has 3 heteroatoms. The molecule has 1 aliphatic heterocycles. The predicted molar refractivity (Wildman–Crippen MR) is 73.4 cm³/mol. The van der Waals surface area contributed by atoms with E-state index < -0.39 is 0 Å². The average Bonchev–Trinajstić information content (AvgIpc) is 2.40. The second-order valence-electron chi connectivity index (χ2n) is 5.14. The van der Waals surface area contributed by atoms with Gasteiger partial charge in [-0.1, -0.05) is 36.2 Å². The predicted octanol–water partition coefficient (Wildman–Crippen LogP) is 2.31. The lowest BCUT2D eigenvalue weighted by molar-refractivity contribution is -0.124. The summed E-state index contributed by atoms with van der Waals surface area (Å²) in [5.41, 5.74) is 2.40. The van der Waals surface area contributed by atoms with Gasteiger partial charge >= 0.3 is 0 Å². The van der Waals surface area contributed by atoms with E-state index >= 15 is 0 Å². The van der Waals surface area contributed by atoms with E-state index in [-0.39, 0.29) is 18.0 Å². The van der Waals surface area contributed by atoms with Crippen LogP contribution in [0.15, 0.2) is 24.3 Å². The number of benzene rings is 1. The average molecular weight is 246 g/mol. The first-order valence-corrected chi connectivity index (χ1v) is 6.77. The lowest BCUT2D eigenvalue weighted by Gasteiger charge is -2.24. The van der Waals surface area contributed by atoms with Crippen LogP contribution in [0.4, 0.5) is 0 Å². The summed E-state index contributed by atoms with van der Waals surface area (Å²) in [6, 6.07) is 8.38. The van der Waals surface area contributed by atoms with E-state index in [9.17, 15) is 4.79 Å². The van der Waals surface area contributed by atoms with Crippen molar-refractivity contribution in [2.75, 3.05) is 6.54 Å². The van der Waals surface area contributed by atoms with Crippen molar-refractivity contribution in [1.82, 2.24) is 10.6 Å². The molecule has 18 heavy (non-hydrogen) atoms. The summed E-state index contributed by atoms with van der Waals surface area (Å²) in [6.45, 7) is 5.06. The van der Waals surface area contributed by atoms with Crippen molar-refractivity contribution in [3.8, 4) is 0 Å². The van der Waals surface area contributed by atoms with Crippen LogP contribution in [-0.4, -0.2) is 18.5 Å². The molecule has 1 heterocycles. The first-order valence-electron chi connectivity index (χ1n) is 6.77. The molecule has 2 atom stereocenters. The van der Waals surface area contributed by atoms with Crippen molar-refractivity contribution in [2.45, 2.75) is 45.2 Å². The first-order chi connectivity index (χ1) is 8.66. The van der Waals surface area contributed by atoms with E-state index in [4.69, 9.17) is 0 Å². The second-order valence-corrected chi connectivity index (χ2v) is 5.14. The summed E-state index contributed by atoms with van der Waals surface area (Å²) in [4.78, 5) is 12.1. The number of rotatable bonds is 3. The van der Waals surface area contributed by atoms with Gasteiger partial charge in [-0.2, -0.15) is 0 Å². The Morgan fingerprint density at radius 2 is 2.06 bits per heavy atom.